The average Bonchev–Trinajstić information content (AvgIpc) is 2.16. The van der Waals surface area contributed by atoms with E-state index in [2.05, 4.69) is 11.2 Å². The normalized spacial score (nSPS) is 9.14. The second-order valence-corrected chi connectivity index (χ2v) is 2.89. The minimum Gasteiger partial charge on any atom is -0.373 e. The highest BCUT2D eigenvalue weighted by atomic mass is 35.5. The molecule has 0 unspecified atom stereocenters. The van der Waals surface area contributed by atoms with Gasteiger partial charge in [-0.05, 0) is 6.07 Å². The van der Waals surface area contributed by atoms with Crippen molar-refractivity contribution in [1.82, 2.24) is 0 Å². The third kappa shape index (κ3) is 2.38. The molecule has 0 fully saturated rings. The first-order chi connectivity index (χ1) is 6.65. The Kier molecular flexibility index (Phi) is 3.32. The number of rotatable bonds is 3. The van der Waals surface area contributed by atoms with Gasteiger partial charge in [-0.1, -0.05) is 17.5 Å². The van der Waals surface area contributed by atoms with Gasteiger partial charge in [0.1, 0.15) is 0 Å². The summed E-state index contributed by atoms with van der Waals surface area (Å²) in [5.41, 5.74) is 0.452. The molecule has 0 saturated carbocycles. The van der Waals surface area contributed by atoms with Crippen molar-refractivity contribution in [3.8, 4) is 12.3 Å². The Balaban J connectivity index is 2.97. The number of terminal acetylenes is 1. The van der Waals surface area contributed by atoms with E-state index in [1.165, 1.54) is 18.2 Å². The van der Waals surface area contributed by atoms with Crippen LogP contribution in [-0.2, 0) is 0 Å². The molecule has 0 aliphatic rings. The summed E-state index contributed by atoms with van der Waals surface area (Å²) in [4.78, 5) is 9.94. The molecule has 0 heterocycles. The van der Waals surface area contributed by atoms with E-state index in [4.69, 9.17) is 18.0 Å². The van der Waals surface area contributed by atoms with Gasteiger partial charge in [0.05, 0.1) is 22.2 Å². The summed E-state index contributed by atoms with van der Waals surface area (Å²) < 4.78 is 0. The summed E-state index contributed by atoms with van der Waals surface area (Å²) >= 11 is 5.78. The molecule has 0 spiro atoms. The fourth-order valence-corrected chi connectivity index (χ4v) is 1.09. The molecule has 0 saturated heterocycles. The Hall–Kier alpha value is -1.73. The molecule has 0 aliphatic heterocycles. The van der Waals surface area contributed by atoms with Gasteiger partial charge < -0.3 is 5.32 Å². The van der Waals surface area contributed by atoms with E-state index < -0.39 is 4.92 Å². The van der Waals surface area contributed by atoms with E-state index >= 15 is 0 Å². The molecule has 1 rings (SSSR count). The van der Waals surface area contributed by atoms with Crippen LogP contribution in [0.3, 0.4) is 0 Å². The number of nitro groups is 1. The predicted molar refractivity (Wildman–Crippen MR) is 55.4 cm³/mol. The molecule has 0 radical (unpaired) electrons. The zero-order valence-corrected chi connectivity index (χ0v) is 7.91. The molecule has 0 amide bonds. The topological polar surface area (TPSA) is 55.2 Å². The van der Waals surface area contributed by atoms with Crippen LogP contribution >= 0.6 is 11.6 Å². The first kappa shape index (κ1) is 10.4. The fourth-order valence-electron chi connectivity index (χ4n) is 0.909. The molecule has 4 nitrogen and oxygen atoms in total. The average molecular weight is 211 g/mol. The number of hydrogen-bond donors (Lipinski definition) is 1. The van der Waals surface area contributed by atoms with E-state index in [-0.39, 0.29) is 12.2 Å². The number of hydrogen-bond acceptors (Lipinski definition) is 3. The Morgan fingerprint density at radius 1 is 1.64 bits per heavy atom. The number of nitrogens with zero attached hydrogens (tertiary/aromatic N) is 1. The lowest BCUT2D eigenvalue weighted by molar-refractivity contribution is -0.384. The van der Waals surface area contributed by atoms with Gasteiger partial charge in [-0.3, -0.25) is 10.1 Å². The molecule has 0 aromatic heterocycles. The van der Waals surface area contributed by atoms with Gasteiger partial charge in [-0.15, -0.1) is 6.42 Å². The van der Waals surface area contributed by atoms with Gasteiger partial charge in [0, 0.05) is 12.1 Å². The predicted octanol–water partition coefficient (Wildman–Crippen LogP) is 2.29. The summed E-state index contributed by atoms with van der Waals surface area (Å²) in [5.74, 6) is 2.35. The van der Waals surface area contributed by atoms with Gasteiger partial charge in [-0.25, -0.2) is 0 Å². The standard InChI is InChI=1S/C9H7ClN2O2/c1-2-5-11-9-6-7(12(13)14)3-4-8(9)10/h1,3-4,6,11H,5H2. The van der Waals surface area contributed by atoms with E-state index in [1.807, 2.05) is 0 Å². The maximum Gasteiger partial charge on any atom is 0.271 e. The number of halogens is 1. The molecule has 0 bridgehead atoms. The van der Waals surface area contributed by atoms with Crippen molar-refractivity contribution >= 4 is 23.0 Å². The zero-order valence-electron chi connectivity index (χ0n) is 7.16. The van der Waals surface area contributed by atoms with Crippen molar-refractivity contribution in [2.45, 2.75) is 0 Å². The smallest absolute Gasteiger partial charge is 0.271 e. The molecular weight excluding hydrogens is 204 g/mol. The van der Waals surface area contributed by atoms with Crippen molar-refractivity contribution in [2.75, 3.05) is 11.9 Å². The van der Waals surface area contributed by atoms with Crippen LogP contribution in [0.2, 0.25) is 5.02 Å². The van der Waals surface area contributed by atoms with Crippen LogP contribution in [0.1, 0.15) is 0 Å². The minimum absolute atomic E-state index is 0.0195. The van der Waals surface area contributed by atoms with Gasteiger partial charge in [0.2, 0.25) is 0 Å². The summed E-state index contributed by atoms with van der Waals surface area (Å²) in [7, 11) is 0. The van der Waals surface area contributed by atoms with Gasteiger partial charge in [0.15, 0.2) is 0 Å². The van der Waals surface area contributed by atoms with Crippen LogP contribution < -0.4 is 5.32 Å². The monoisotopic (exact) mass is 210 g/mol. The molecule has 5 heteroatoms. The third-order valence-corrected chi connectivity index (χ3v) is 1.87. The lowest BCUT2D eigenvalue weighted by atomic mass is 10.3. The zero-order chi connectivity index (χ0) is 10.6. The second kappa shape index (κ2) is 4.49. The molecular formula is C9H7ClN2O2. The number of nitro benzene ring substituents is 1. The lowest BCUT2D eigenvalue weighted by Crippen LogP contribution is -1.99. The second-order valence-electron chi connectivity index (χ2n) is 2.48. The van der Waals surface area contributed by atoms with E-state index in [1.54, 1.807) is 0 Å². The SMILES string of the molecule is C#CCNc1cc([N+](=O)[O-])ccc1Cl. The summed E-state index contributed by atoms with van der Waals surface area (Å²) in [6.45, 7) is 0.279. The summed E-state index contributed by atoms with van der Waals surface area (Å²) in [6, 6.07) is 4.14. The minimum atomic E-state index is -0.489. The number of anilines is 1. The largest absolute Gasteiger partial charge is 0.373 e. The van der Waals surface area contributed by atoms with Crippen molar-refractivity contribution < 1.29 is 4.92 Å². The van der Waals surface area contributed by atoms with E-state index in [0.29, 0.717) is 10.7 Å². The Labute approximate surface area is 86.0 Å². The quantitative estimate of drug-likeness (QED) is 0.473. The lowest BCUT2D eigenvalue weighted by Gasteiger charge is -2.04. The molecule has 1 aromatic carbocycles. The van der Waals surface area contributed by atoms with E-state index in [0.717, 1.165) is 0 Å². The highest BCUT2D eigenvalue weighted by molar-refractivity contribution is 6.33. The van der Waals surface area contributed by atoms with E-state index in [9.17, 15) is 10.1 Å². The van der Waals surface area contributed by atoms with Crippen LogP contribution in [0.5, 0.6) is 0 Å². The summed E-state index contributed by atoms with van der Waals surface area (Å²) in [5, 5.41) is 13.6. The van der Waals surface area contributed by atoms with Crippen LogP contribution in [0.15, 0.2) is 18.2 Å². The van der Waals surface area contributed by atoms with Crippen molar-refractivity contribution in [1.29, 1.82) is 0 Å². The van der Waals surface area contributed by atoms with Crippen molar-refractivity contribution in [3.05, 3.63) is 33.3 Å². The maximum absolute atomic E-state index is 10.4. The van der Waals surface area contributed by atoms with Crippen LogP contribution in [0, 0.1) is 22.5 Å². The molecule has 1 N–H and O–H groups in total. The maximum atomic E-state index is 10.4. The van der Waals surface area contributed by atoms with Crippen LogP contribution in [0.25, 0.3) is 0 Å². The van der Waals surface area contributed by atoms with Crippen molar-refractivity contribution in [3.63, 3.8) is 0 Å². The molecule has 14 heavy (non-hydrogen) atoms. The molecule has 1 aromatic rings. The summed E-state index contributed by atoms with van der Waals surface area (Å²) in [6.07, 6.45) is 5.03. The fraction of sp³-hybridized carbons (Fsp3) is 0.111. The molecule has 72 valence electrons. The molecule has 0 atom stereocenters. The number of nitrogens with one attached hydrogen (secondary N) is 1. The van der Waals surface area contributed by atoms with Gasteiger partial charge in [0.25, 0.3) is 5.69 Å². The first-order valence-electron chi connectivity index (χ1n) is 3.76. The Morgan fingerprint density at radius 3 is 2.93 bits per heavy atom. The Morgan fingerprint density at radius 2 is 2.36 bits per heavy atom. The first-order valence-corrected chi connectivity index (χ1v) is 4.14. The van der Waals surface area contributed by atoms with Gasteiger partial charge >= 0.3 is 0 Å². The van der Waals surface area contributed by atoms with Crippen molar-refractivity contribution in [2.24, 2.45) is 0 Å². The third-order valence-electron chi connectivity index (χ3n) is 1.54. The number of non-ortho nitro benzene ring substituents is 1. The van der Waals surface area contributed by atoms with Gasteiger partial charge in [-0.2, -0.15) is 0 Å². The van der Waals surface area contributed by atoms with Crippen LogP contribution in [-0.4, -0.2) is 11.5 Å². The Bertz CT molecular complexity index is 398. The van der Waals surface area contributed by atoms with Crippen LogP contribution in [0.4, 0.5) is 11.4 Å². The molecule has 0 aliphatic carbocycles. The highest BCUT2D eigenvalue weighted by Crippen LogP contribution is 2.26. The highest BCUT2D eigenvalue weighted by Gasteiger charge is 2.08. The number of benzene rings is 1.